The first-order chi connectivity index (χ1) is 19.0. The van der Waals surface area contributed by atoms with E-state index in [-0.39, 0.29) is 5.97 Å². The second-order valence-corrected chi connectivity index (χ2v) is 9.20. The van der Waals surface area contributed by atoms with Gasteiger partial charge in [0, 0.05) is 6.54 Å². The molecule has 4 rings (SSSR count). The molecule has 0 amide bonds. The Bertz CT molecular complexity index is 1330. The predicted molar refractivity (Wildman–Crippen MR) is 154 cm³/mol. The fourth-order valence-electron chi connectivity index (χ4n) is 4.39. The van der Waals surface area contributed by atoms with Gasteiger partial charge in [-0.25, -0.2) is 4.79 Å². The average molecular weight is 529 g/mol. The van der Waals surface area contributed by atoms with Crippen molar-refractivity contribution in [2.45, 2.75) is 33.6 Å². The van der Waals surface area contributed by atoms with Crippen LogP contribution in [0.4, 0.5) is 5.69 Å². The number of hydrogen-bond acceptors (Lipinski definition) is 6. The topological polar surface area (TPSA) is 69.6 Å². The number of methoxy groups -OCH3 is 1. The lowest BCUT2D eigenvalue weighted by Gasteiger charge is -2.16. The monoisotopic (exact) mass is 528 g/mol. The standard InChI is InChI=1S/C32H36N2O5/c1-5-37-29-17-14-25(23(3)19-29)10-8-18-34-22-30(20-24-12-15-28(36-4)16-13-24)39-32(34)33-27-11-7-9-26(21-27)31(35)38-6-2/h7,9,11-17,19-21H,5-6,8,10,18,22H2,1-4H3/b30-20+,33-32-. The zero-order chi connectivity index (χ0) is 27.6. The lowest BCUT2D eigenvalue weighted by atomic mass is 10.0. The fraction of sp³-hybridized carbons (Fsp3) is 0.312. The molecule has 7 nitrogen and oxygen atoms in total. The molecule has 0 spiro atoms. The normalized spacial score (nSPS) is 14.9. The molecule has 0 saturated carbocycles. The number of benzene rings is 3. The molecule has 0 radical (unpaired) electrons. The van der Waals surface area contributed by atoms with Crippen molar-refractivity contribution >= 4 is 23.8 Å². The summed E-state index contributed by atoms with van der Waals surface area (Å²) < 4.78 is 22.3. The van der Waals surface area contributed by atoms with Crippen molar-refractivity contribution in [2.24, 2.45) is 4.99 Å². The van der Waals surface area contributed by atoms with Crippen LogP contribution in [0.3, 0.4) is 0 Å². The first-order valence-electron chi connectivity index (χ1n) is 13.3. The summed E-state index contributed by atoms with van der Waals surface area (Å²) in [6.45, 7) is 8.25. The number of carbonyl (C=O) groups is 1. The van der Waals surface area contributed by atoms with Gasteiger partial charge in [0.1, 0.15) is 17.3 Å². The summed E-state index contributed by atoms with van der Waals surface area (Å²) in [5.74, 6) is 2.14. The summed E-state index contributed by atoms with van der Waals surface area (Å²) in [7, 11) is 1.65. The van der Waals surface area contributed by atoms with Gasteiger partial charge < -0.3 is 23.8 Å². The SMILES string of the molecule is CCOC(=O)c1cccc(/N=C2\O/C(=C/c3ccc(OC)cc3)CN2CCCc2ccc(OCC)cc2C)c1. The molecule has 204 valence electrons. The first-order valence-corrected chi connectivity index (χ1v) is 13.3. The Morgan fingerprint density at radius 2 is 1.82 bits per heavy atom. The van der Waals surface area contributed by atoms with Crippen LogP contribution < -0.4 is 9.47 Å². The number of esters is 1. The van der Waals surface area contributed by atoms with E-state index >= 15 is 0 Å². The Labute approximate surface area is 230 Å². The summed E-state index contributed by atoms with van der Waals surface area (Å²) in [6, 6.07) is 21.7. The maximum Gasteiger partial charge on any atom is 0.338 e. The summed E-state index contributed by atoms with van der Waals surface area (Å²) >= 11 is 0. The molecule has 3 aromatic carbocycles. The van der Waals surface area contributed by atoms with E-state index in [0.29, 0.717) is 37.0 Å². The molecule has 1 aliphatic rings. The Balaban J connectivity index is 1.52. The highest BCUT2D eigenvalue weighted by Gasteiger charge is 2.25. The van der Waals surface area contributed by atoms with Gasteiger partial charge in [0.2, 0.25) is 0 Å². The molecule has 0 atom stereocenters. The van der Waals surface area contributed by atoms with E-state index in [1.54, 1.807) is 32.2 Å². The van der Waals surface area contributed by atoms with E-state index in [1.165, 1.54) is 11.1 Å². The largest absolute Gasteiger partial charge is 0.497 e. The van der Waals surface area contributed by atoms with Crippen molar-refractivity contribution in [3.8, 4) is 11.5 Å². The van der Waals surface area contributed by atoms with Gasteiger partial charge in [-0.05, 0) is 98.8 Å². The minimum atomic E-state index is -0.366. The highest BCUT2D eigenvalue weighted by Crippen LogP contribution is 2.25. The Hall–Kier alpha value is -4.26. The molecule has 7 heteroatoms. The van der Waals surface area contributed by atoms with Gasteiger partial charge in [-0.2, -0.15) is 4.99 Å². The van der Waals surface area contributed by atoms with Gasteiger partial charge in [-0.1, -0.05) is 24.3 Å². The van der Waals surface area contributed by atoms with Gasteiger partial charge in [-0.15, -0.1) is 0 Å². The third-order valence-electron chi connectivity index (χ3n) is 6.36. The molecular weight excluding hydrogens is 492 g/mol. The predicted octanol–water partition coefficient (Wildman–Crippen LogP) is 6.57. The maximum atomic E-state index is 12.2. The third-order valence-corrected chi connectivity index (χ3v) is 6.36. The Morgan fingerprint density at radius 3 is 2.54 bits per heavy atom. The van der Waals surface area contributed by atoms with Crippen molar-refractivity contribution < 1.29 is 23.7 Å². The van der Waals surface area contributed by atoms with Crippen molar-refractivity contribution in [3.63, 3.8) is 0 Å². The van der Waals surface area contributed by atoms with E-state index < -0.39 is 0 Å². The number of hydrogen-bond donors (Lipinski definition) is 0. The average Bonchev–Trinajstić information content (AvgIpc) is 3.31. The molecule has 1 saturated heterocycles. The minimum Gasteiger partial charge on any atom is -0.497 e. The van der Waals surface area contributed by atoms with Crippen molar-refractivity contribution in [3.05, 3.63) is 94.7 Å². The third kappa shape index (κ3) is 7.63. The van der Waals surface area contributed by atoms with Crippen molar-refractivity contribution in [1.82, 2.24) is 4.90 Å². The van der Waals surface area contributed by atoms with E-state index in [0.717, 1.165) is 42.2 Å². The first kappa shape index (κ1) is 27.8. The Morgan fingerprint density at radius 1 is 1.03 bits per heavy atom. The van der Waals surface area contributed by atoms with E-state index in [1.807, 2.05) is 49.4 Å². The summed E-state index contributed by atoms with van der Waals surface area (Å²) in [6.07, 6.45) is 3.87. The number of ether oxygens (including phenoxy) is 4. The van der Waals surface area contributed by atoms with E-state index in [4.69, 9.17) is 23.9 Å². The molecule has 0 unspecified atom stereocenters. The van der Waals surface area contributed by atoms with Crippen LogP contribution in [0.1, 0.15) is 47.3 Å². The Kier molecular flexibility index (Phi) is 9.62. The molecule has 39 heavy (non-hydrogen) atoms. The summed E-state index contributed by atoms with van der Waals surface area (Å²) in [4.78, 5) is 19.1. The number of amidine groups is 1. The summed E-state index contributed by atoms with van der Waals surface area (Å²) in [5.41, 5.74) is 4.63. The van der Waals surface area contributed by atoms with Gasteiger partial charge in [-0.3, -0.25) is 0 Å². The van der Waals surface area contributed by atoms with Crippen LogP contribution in [0.25, 0.3) is 6.08 Å². The van der Waals surface area contributed by atoms with Crippen LogP contribution in [0, 0.1) is 6.92 Å². The van der Waals surface area contributed by atoms with E-state index in [2.05, 4.69) is 24.0 Å². The molecule has 1 heterocycles. The van der Waals surface area contributed by atoms with Gasteiger partial charge >= 0.3 is 5.97 Å². The molecule has 1 fully saturated rings. The van der Waals surface area contributed by atoms with E-state index in [9.17, 15) is 4.79 Å². The number of carbonyl (C=O) groups excluding carboxylic acids is 1. The summed E-state index contributed by atoms with van der Waals surface area (Å²) in [5, 5.41) is 0. The second kappa shape index (κ2) is 13.5. The molecule has 0 bridgehead atoms. The van der Waals surface area contributed by atoms with Crippen molar-refractivity contribution in [1.29, 1.82) is 0 Å². The number of nitrogens with zero attached hydrogens (tertiary/aromatic N) is 2. The lowest BCUT2D eigenvalue weighted by molar-refractivity contribution is 0.0526. The maximum absolute atomic E-state index is 12.2. The highest BCUT2D eigenvalue weighted by atomic mass is 16.5. The molecule has 0 N–H and O–H groups in total. The zero-order valence-electron chi connectivity index (χ0n) is 23.1. The molecule has 0 aromatic heterocycles. The van der Waals surface area contributed by atoms with Gasteiger partial charge in [0.15, 0.2) is 0 Å². The van der Waals surface area contributed by atoms with Crippen LogP contribution in [-0.4, -0.2) is 50.3 Å². The highest BCUT2D eigenvalue weighted by molar-refractivity contribution is 5.91. The second-order valence-electron chi connectivity index (χ2n) is 9.20. The van der Waals surface area contributed by atoms with Crippen LogP contribution in [-0.2, 0) is 15.9 Å². The lowest BCUT2D eigenvalue weighted by Crippen LogP contribution is -2.27. The quantitative estimate of drug-likeness (QED) is 0.262. The van der Waals surface area contributed by atoms with Crippen LogP contribution in [0.5, 0.6) is 11.5 Å². The number of aryl methyl sites for hydroxylation is 2. The molecule has 3 aromatic rings. The van der Waals surface area contributed by atoms with Crippen LogP contribution in [0.15, 0.2) is 77.5 Å². The number of rotatable bonds is 11. The van der Waals surface area contributed by atoms with Crippen molar-refractivity contribution in [2.75, 3.05) is 33.4 Å². The molecular formula is C32H36N2O5. The fourth-order valence-corrected chi connectivity index (χ4v) is 4.39. The van der Waals surface area contributed by atoms with Gasteiger partial charge in [0.05, 0.1) is 38.1 Å². The zero-order valence-corrected chi connectivity index (χ0v) is 23.1. The van der Waals surface area contributed by atoms with Crippen LogP contribution in [0.2, 0.25) is 0 Å². The molecule has 1 aliphatic heterocycles. The van der Waals surface area contributed by atoms with Crippen LogP contribution >= 0.6 is 0 Å². The number of aliphatic imine (C=N–C) groups is 1. The smallest absolute Gasteiger partial charge is 0.338 e. The van der Waals surface area contributed by atoms with Gasteiger partial charge in [0.25, 0.3) is 6.02 Å². The minimum absolute atomic E-state index is 0.321. The molecule has 0 aliphatic carbocycles.